The van der Waals surface area contributed by atoms with Crippen LogP contribution in [-0.4, -0.2) is 9.38 Å². The Balaban J connectivity index is 1.75. The minimum Gasteiger partial charge on any atom is -0.300 e. The summed E-state index contributed by atoms with van der Waals surface area (Å²) in [6.07, 6.45) is 5.46. The maximum atomic E-state index is 14.3. The molecule has 0 radical (unpaired) electrons. The molecular weight excluding hydrogens is 320 g/mol. The number of halogens is 1. The Bertz CT molecular complexity index is 957. The van der Waals surface area contributed by atoms with Gasteiger partial charge in [-0.1, -0.05) is 39.6 Å². The van der Waals surface area contributed by atoms with Crippen molar-refractivity contribution in [3.63, 3.8) is 0 Å². The van der Waals surface area contributed by atoms with Gasteiger partial charge in [-0.25, -0.2) is 9.37 Å². The molecule has 3 aromatic rings. The molecule has 2 heterocycles. The lowest BCUT2D eigenvalue weighted by molar-refractivity contribution is 0.306. The quantitative estimate of drug-likeness (QED) is 0.657. The molecule has 24 heavy (non-hydrogen) atoms. The van der Waals surface area contributed by atoms with E-state index in [2.05, 4.69) is 20.3 Å². The molecule has 0 spiro atoms. The maximum absolute atomic E-state index is 14.3. The number of hydrogen-bond donors (Lipinski definition) is 0. The van der Waals surface area contributed by atoms with Gasteiger partial charge in [0.25, 0.3) is 0 Å². The summed E-state index contributed by atoms with van der Waals surface area (Å²) >= 11 is 0. The third-order valence-electron chi connectivity index (χ3n) is 4.70. The Morgan fingerprint density at radius 2 is 1.88 bits per heavy atom. The molecule has 2 unspecified atom stereocenters. The molecule has 0 amide bonds. The zero-order chi connectivity index (χ0) is 16.9. The Kier molecular flexibility index (Phi) is 3.27. The van der Waals surface area contributed by atoms with Crippen molar-refractivity contribution in [3.8, 4) is 17.2 Å². The predicted molar refractivity (Wildman–Crippen MR) is 95.3 cm³/mol. The van der Waals surface area contributed by atoms with Gasteiger partial charge in [-0.15, -0.1) is 0 Å². The number of rotatable bonds is 3. The van der Waals surface area contributed by atoms with Gasteiger partial charge in [-0.05, 0) is 42.5 Å². The largest absolute Gasteiger partial charge is 0.300 e. The van der Waals surface area contributed by atoms with Crippen molar-refractivity contribution >= 4 is 14.8 Å². The Hall–Kier alpha value is -2.24. The van der Waals surface area contributed by atoms with E-state index in [0.717, 1.165) is 35.0 Å². The smallest absolute Gasteiger partial charge is 0.178 e. The minimum absolute atomic E-state index is 0.268. The fraction of sp³-hybridized carbons (Fsp3) is 0.263. The van der Waals surface area contributed by atoms with Crippen LogP contribution in [0.25, 0.3) is 16.6 Å². The van der Waals surface area contributed by atoms with E-state index in [0.29, 0.717) is 5.82 Å². The van der Waals surface area contributed by atoms with Crippen LogP contribution < -0.4 is 0 Å². The normalized spacial score (nSPS) is 18.1. The van der Waals surface area contributed by atoms with E-state index in [9.17, 15) is 9.65 Å². The second-order valence-corrected chi connectivity index (χ2v) is 7.73. The van der Waals surface area contributed by atoms with Crippen LogP contribution in [0.3, 0.4) is 0 Å². The summed E-state index contributed by atoms with van der Waals surface area (Å²) in [4.78, 5) is 4.20. The van der Waals surface area contributed by atoms with Crippen LogP contribution in [0.1, 0.15) is 31.2 Å². The summed E-state index contributed by atoms with van der Waals surface area (Å²) in [7, 11) is 2.19. The highest BCUT2D eigenvalue weighted by Gasteiger charge is 2.44. The van der Waals surface area contributed by atoms with E-state index >= 15 is 0 Å². The number of pyridine rings is 1. The van der Waals surface area contributed by atoms with E-state index in [1.54, 1.807) is 10.6 Å². The van der Waals surface area contributed by atoms with Crippen molar-refractivity contribution in [2.45, 2.75) is 30.6 Å². The number of nitriles is 1. The molecule has 0 saturated heterocycles. The average molecular weight is 337 g/mol. The molecule has 5 heteroatoms. The van der Waals surface area contributed by atoms with Gasteiger partial charge in [0.05, 0.1) is 23.2 Å². The van der Waals surface area contributed by atoms with Gasteiger partial charge in [0, 0.05) is 6.20 Å². The van der Waals surface area contributed by atoms with E-state index in [1.807, 2.05) is 42.6 Å². The maximum Gasteiger partial charge on any atom is 0.178 e. The first-order chi connectivity index (χ1) is 11.4. The van der Waals surface area contributed by atoms with Crippen molar-refractivity contribution in [2.24, 2.45) is 0 Å². The Morgan fingerprint density at radius 3 is 2.46 bits per heavy atom. The predicted octanol–water partition coefficient (Wildman–Crippen LogP) is 4.57. The molecule has 2 aromatic heterocycles. The summed E-state index contributed by atoms with van der Waals surface area (Å²) in [5, 5.41) is 7.72. The zero-order valence-electron chi connectivity index (χ0n) is 13.3. The van der Waals surface area contributed by atoms with Crippen molar-refractivity contribution in [1.82, 2.24) is 9.38 Å². The van der Waals surface area contributed by atoms with Crippen LogP contribution in [0.4, 0.5) is 4.39 Å². The third kappa shape index (κ3) is 2.41. The highest BCUT2D eigenvalue weighted by molar-refractivity contribution is 7.18. The zero-order valence-corrected chi connectivity index (χ0v) is 14.5. The summed E-state index contributed by atoms with van der Waals surface area (Å²) in [5.41, 5.74) is 3.70. The topological polar surface area (TPSA) is 41.1 Å². The number of fused-ring (bicyclic) bond motifs is 1. The fourth-order valence-electron chi connectivity index (χ4n) is 3.09. The van der Waals surface area contributed by atoms with E-state index in [-0.39, 0.29) is 5.41 Å². The van der Waals surface area contributed by atoms with Crippen LogP contribution in [-0.2, 0) is 10.8 Å². The lowest BCUT2D eigenvalue weighted by Gasteiger charge is -2.13. The molecule has 1 aliphatic rings. The number of imidazole rings is 1. The van der Waals surface area contributed by atoms with Crippen molar-refractivity contribution in [3.05, 3.63) is 60.2 Å². The van der Waals surface area contributed by atoms with E-state index in [1.165, 1.54) is 6.92 Å². The standard InChI is InChI=1S/C19H17FN3P/c1-18(20,24)17-22-10-16-7-4-14(11-23(16)17)13-2-5-15(6-3-13)19(12-21)8-9-19/h2-7,10-11H,8-9,24H2,1H3. The molecule has 4 rings (SSSR count). The van der Waals surface area contributed by atoms with Crippen molar-refractivity contribution in [1.29, 1.82) is 5.26 Å². The first-order valence-corrected chi connectivity index (χ1v) is 8.48. The molecular formula is C19H17FN3P. The molecule has 1 fully saturated rings. The Morgan fingerprint density at radius 1 is 1.21 bits per heavy atom. The second-order valence-electron chi connectivity index (χ2n) is 6.64. The van der Waals surface area contributed by atoms with Crippen molar-refractivity contribution < 1.29 is 4.39 Å². The Labute approximate surface area is 142 Å². The molecule has 0 bridgehead atoms. The first kappa shape index (κ1) is 15.3. The average Bonchev–Trinajstić information content (AvgIpc) is 3.25. The van der Waals surface area contributed by atoms with Gasteiger partial charge < -0.3 is 4.40 Å². The number of hydrogen-bond acceptors (Lipinski definition) is 2. The first-order valence-electron chi connectivity index (χ1n) is 7.90. The van der Waals surface area contributed by atoms with Crippen LogP contribution in [0.2, 0.25) is 0 Å². The van der Waals surface area contributed by atoms with Gasteiger partial charge in [0.15, 0.2) is 11.2 Å². The molecule has 3 nitrogen and oxygen atoms in total. The van der Waals surface area contributed by atoms with Crippen LogP contribution >= 0.6 is 9.24 Å². The van der Waals surface area contributed by atoms with Gasteiger partial charge in [-0.2, -0.15) is 5.26 Å². The number of benzene rings is 1. The third-order valence-corrected chi connectivity index (χ3v) is 4.96. The van der Waals surface area contributed by atoms with Crippen molar-refractivity contribution in [2.75, 3.05) is 0 Å². The van der Waals surface area contributed by atoms with E-state index in [4.69, 9.17) is 0 Å². The molecule has 120 valence electrons. The number of nitrogens with zero attached hydrogens (tertiary/aromatic N) is 3. The van der Waals surface area contributed by atoms with E-state index < -0.39 is 5.41 Å². The van der Waals surface area contributed by atoms with Gasteiger partial charge in [-0.3, -0.25) is 0 Å². The molecule has 1 aliphatic carbocycles. The lowest BCUT2D eigenvalue weighted by atomic mass is 9.95. The molecule has 2 atom stereocenters. The molecule has 0 N–H and O–H groups in total. The number of alkyl halides is 1. The van der Waals surface area contributed by atoms with Crippen LogP contribution in [0.5, 0.6) is 0 Å². The minimum atomic E-state index is -1.58. The van der Waals surface area contributed by atoms with Crippen LogP contribution in [0.15, 0.2) is 48.8 Å². The highest BCUT2D eigenvalue weighted by atomic mass is 31.0. The van der Waals surface area contributed by atoms with Crippen LogP contribution in [0, 0.1) is 11.3 Å². The summed E-state index contributed by atoms with van der Waals surface area (Å²) in [5.74, 6) is 0.363. The van der Waals surface area contributed by atoms with Gasteiger partial charge >= 0.3 is 0 Å². The monoisotopic (exact) mass is 337 g/mol. The summed E-state index contributed by atoms with van der Waals surface area (Å²) in [6.45, 7) is 1.48. The lowest BCUT2D eigenvalue weighted by Crippen LogP contribution is -2.10. The SMILES string of the molecule is CC(F)(P)c1ncc2ccc(-c3ccc(C4(C#N)CC4)cc3)cn12. The molecule has 1 aromatic carbocycles. The fourth-order valence-corrected chi connectivity index (χ4v) is 3.31. The second kappa shape index (κ2) is 5.13. The van der Waals surface area contributed by atoms with Gasteiger partial charge in [0.1, 0.15) is 0 Å². The highest BCUT2D eigenvalue weighted by Crippen LogP contribution is 2.47. The van der Waals surface area contributed by atoms with Gasteiger partial charge in [0.2, 0.25) is 0 Å². The summed E-state index contributed by atoms with van der Waals surface area (Å²) < 4.78 is 16.1. The summed E-state index contributed by atoms with van der Waals surface area (Å²) in [6, 6.07) is 14.5. The number of aromatic nitrogens is 2. The molecule has 1 saturated carbocycles. The molecule has 0 aliphatic heterocycles.